The Bertz CT molecular complexity index is 1020. The molecule has 3 fully saturated rings. The van der Waals surface area contributed by atoms with Crippen LogP contribution in [0.15, 0.2) is 35.1 Å². The van der Waals surface area contributed by atoms with Gasteiger partial charge in [0.05, 0.1) is 11.1 Å². The van der Waals surface area contributed by atoms with Crippen LogP contribution < -0.4 is 10.5 Å². The van der Waals surface area contributed by atoms with E-state index in [0.717, 1.165) is 5.56 Å². The fourth-order valence-electron chi connectivity index (χ4n) is 5.44. The third-order valence-corrected chi connectivity index (χ3v) is 7.17. The highest BCUT2D eigenvalue weighted by Gasteiger charge is 2.49. The molecule has 3 aliphatic heterocycles. The summed E-state index contributed by atoms with van der Waals surface area (Å²) in [6.45, 7) is 5.48. The molecule has 0 radical (unpaired) electrons. The van der Waals surface area contributed by atoms with E-state index in [2.05, 4.69) is 22.1 Å². The number of nitrogens with one attached hydrogen (secondary N) is 1. The van der Waals surface area contributed by atoms with E-state index in [1.165, 1.54) is 6.92 Å². The highest BCUT2D eigenvalue weighted by atomic mass is 19.1. The van der Waals surface area contributed by atoms with Gasteiger partial charge in [-0.3, -0.25) is 14.6 Å². The third kappa shape index (κ3) is 3.43. The number of anilines is 1. The van der Waals surface area contributed by atoms with E-state index in [-0.39, 0.29) is 11.6 Å². The lowest BCUT2D eigenvalue weighted by Crippen LogP contribution is -2.50. The molecule has 5 rings (SSSR count). The van der Waals surface area contributed by atoms with Crippen LogP contribution in [-0.4, -0.2) is 60.2 Å². The van der Waals surface area contributed by atoms with Crippen molar-refractivity contribution in [2.24, 2.45) is 11.8 Å². The van der Waals surface area contributed by atoms with Crippen molar-refractivity contribution in [2.75, 3.05) is 44.3 Å². The van der Waals surface area contributed by atoms with E-state index in [1.54, 1.807) is 0 Å². The van der Waals surface area contributed by atoms with Crippen molar-refractivity contribution in [3.63, 3.8) is 0 Å². The maximum absolute atomic E-state index is 13.8. The molecule has 3 aliphatic rings. The molecule has 8 heteroatoms. The number of ether oxygens (including phenoxy) is 1. The second kappa shape index (κ2) is 7.75. The zero-order chi connectivity index (χ0) is 21.6. The molecule has 0 bridgehead atoms. The molecule has 2 unspecified atom stereocenters. The zero-order valence-corrected chi connectivity index (χ0v) is 17.6. The van der Waals surface area contributed by atoms with Crippen molar-refractivity contribution in [2.45, 2.75) is 25.2 Å². The number of rotatable bonds is 3. The number of amides is 1. The second-order valence-corrected chi connectivity index (χ2v) is 8.98. The average molecular weight is 426 g/mol. The number of aromatic amines is 1. The largest absolute Gasteiger partial charge is 0.381 e. The van der Waals surface area contributed by atoms with E-state index in [0.29, 0.717) is 70.0 Å². The van der Waals surface area contributed by atoms with Gasteiger partial charge in [-0.1, -0.05) is 30.3 Å². The highest BCUT2D eigenvalue weighted by Crippen LogP contribution is 2.40. The normalized spacial score (nSPS) is 25.0. The monoisotopic (exact) mass is 426 g/mol. The minimum atomic E-state index is -0.831. The van der Waals surface area contributed by atoms with Gasteiger partial charge in [-0.15, -0.1) is 0 Å². The van der Waals surface area contributed by atoms with E-state index in [4.69, 9.17) is 4.74 Å². The van der Waals surface area contributed by atoms with E-state index >= 15 is 0 Å². The summed E-state index contributed by atoms with van der Waals surface area (Å²) in [5.41, 5.74) is -0.0678. The number of hydrogen-bond donors (Lipinski definition) is 1. The smallest absolute Gasteiger partial charge is 0.288 e. The summed E-state index contributed by atoms with van der Waals surface area (Å²) in [4.78, 5) is 36.4. The Morgan fingerprint density at radius 3 is 2.39 bits per heavy atom. The molecule has 1 aromatic heterocycles. The van der Waals surface area contributed by atoms with Crippen molar-refractivity contribution in [1.29, 1.82) is 0 Å². The van der Waals surface area contributed by atoms with Crippen LogP contribution in [0.3, 0.4) is 0 Å². The number of H-pyrrole nitrogens is 1. The van der Waals surface area contributed by atoms with Crippen molar-refractivity contribution >= 4 is 11.9 Å². The number of hydrogen-bond acceptors (Lipinski definition) is 5. The van der Waals surface area contributed by atoms with Crippen LogP contribution in [0.4, 0.5) is 10.3 Å². The molecule has 1 N–H and O–H groups in total. The summed E-state index contributed by atoms with van der Waals surface area (Å²) in [5, 5.41) is 0. The Hall–Kier alpha value is -2.74. The number of aromatic nitrogens is 2. The Balaban J connectivity index is 1.33. The maximum atomic E-state index is 13.8. The molecule has 3 saturated heterocycles. The molecule has 2 atom stereocenters. The van der Waals surface area contributed by atoms with Crippen LogP contribution in [0.2, 0.25) is 0 Å². The van der Waals surface area contributed by atoms with Gasteiger partial charge in [0, 0.05) is 51.2 Å². The van der Waals surface area contributed by atoms with Crippen LogP contribution in [0.25, 0.3) is 0 Å². The Labute approximate surface area is 180 Å². The summed E-state index contributed by atoms with van der Waals surface area (Å²) in [6.07, 6.45) is 1.40. The van der Waals surface area contributed by atoms with Crippen molar-refractivity contribution in [1.82, 2.24) is 14.9 Å². The summed E-state index contributed by atoms with van der Waals surface area (Å²) in [7, 11) is 0. The molecule has 0 saturated carbocycles. The van der Waals surface area contributed by atoms with Crippen molar-refractivity contribution in [3.05, 3.63) is 57.8 Å². The van der Waals surface area contributed by atoms with Gasteiger partial charge < -0.3 is 14.5 Å². The van der Waals surface area contributed by atoms with Crippen LogP contribution >= 0.6 is 0 Å². The van der Waals surface area contributed by atoms with E-state index < -0.39 is 16.8 Å². The zero-order valence-electron chi connectivity index (χ0n) is 17.6. The number of likely N-dealkylation sites (tertiary alicyclic amines) is 1. The topological polar surface area (TPSA) is 78.5 Å². The fourth-order valence-corrected chi connectivity index (χ4v) is 5.44. The number of carbonyl (C=O) groups excluding carboxylic acids is 1. The van der Waals surface area contributed by atoms with E-state index in [1.807, 2.05) is 28.0 Å². The molecule has 31 heavy (non-hydrogen) atoms. The molecule has 4 heterocycles. The predicted molar refractivity (Wildman–Crippen MR) is 113 cm³/mol. The van der Waals surface area contributed by atoms with Gasteiger partial charge in [0.15, 0.2) is 0 Å². The van der Waals surface area contributed by atoms with Gasteiger partial charge in [-0.2, -0.15) is 4.39 Å². The fraction of sp³-hybridized carbons (Fsp3) is 0.522. The van der Waals surface area contributed by atoms with Gasteiger partial charge >= 0.3 is 0 Å². The molecule has 1 amide bonds. The first-order valence-electron chi connectivity index (χ1n) is 10.9. The van der Waals surface area contributed by atoms with Crippen LogP contribution in [0.5, 0.6) is 0 Å². The van der Waals surface area contributed by atoms with Crippen molar-refractivity contribution in [3.8, 4) is 0 Å². The number of carbonyl (C=O) groups is 1. The average Bonchev–Trinajstić information content (AvgIpc) is 3.37. The Morgan fingerprint density at radius 2 is 1.77 bits per heavy atom. The van der Waals surface area contributed by atoms with E-state index in [9.17, 15) is 14.0 Å². The second-order valence-electron chi connectivity index (χ2n) is 8.98. The molecular weight excluding hydrogens is 399 g/mol. The third-order valence-electron chi connectivity index (χ3n) is 7.17. The van der Waals surface area contributed by atoms with Crippen LogP contribution in [0.1, 0.15) is 24.1 Å². The first-order chi connectivity index (χ1) is 15.0. The summed E-state index contributed by atoms with van der Waals surface area (Å²) < 4.78 is 19.2. The molecule has 2 aromatic rings. The SMILES string of the molecule is Cc1nc(N2CC3CN(C(=O)C4(c5ccccc5)CCOCC4)CC3C2)[nH]c(=O)c1F. The quantitative estimate of drug-likeness (QED) is 0.811. The van der Waals surface area contributed by atoms with Crippen LogP contribution in [-0.2, 0) is 14.9 Å². The summed E-state index contributed by atoms with van der Waals surface area (Å²) in [6, 6.07) is 10.1. The maximum Gasteiger partial charge on any atom is 0.288 e. The number of fused-ring (bicyclic) bond motifs is 1. The Kier molecular flexibility index (Phi) is 5.04. The number of aryl methyl sites for hydroxylation is 1. The van der Waals surface area contributed by atoms with Crippen LogP contribution in [0, 0.1) is 24.6 Å². The van der Waals surface area contributed by atoms with Gasteiger partial charge in [-0.25, -0.2) is 4.98 Å². The summed E-state index contributed by atoms with van der Waals surface area (Å²) in [5.74, 6) is 0.413. The molecule has 1 aromatic carbocycles. The lowest BCUT2D eigenvalue weighted by atomic mass is 9.73. The Morgan fingerprint density at radius 1 is 1.13 bits per heavy atom. The van der Waals surface area contributed by atoms with Gasteiger partial charge in [0.2, 0.25) is 17.7 Å². The standard InChI is InChI=1S/C23H27FN4O3/c1-15-19(24)20(29)26-22(25-15)28-13-16-11-27(12-17(16)14-28)21(30)23(7-9-31-10-8-23)18-5-3-2-4-6-18/h2-6,16-17H,7-14H2,1H3,(H,25,26,29). The van der Waals surface area contributed by atoms with Gasteiger partial charge in [0.25, 0.3) is 5.56 Å². The minimum absolute atomic E-state index is 0.108. The number of halogens is 1. The molecule has 7 nitrogen and oxygen atoms in total. The molecule has 164 valence electrons. The molecule has 0 aliphatic carbocycles. The molecule has 0 spiro atoms. The minimum Gasteiger partial charge on any atom is -0.381 e. The lowest BCUT2D eigenvalue weighted by molar-refractivity contribution is -0.140. The number of benzene rings is 1. The first kappa shape index (κ1) is 20.2. The van der Waals surface area contributed by atoms with Crippen molar-refractivity contribution < 1.29 is 13.9 Å². The van der Waals surface area contributed by atoms with Gasteiger partial charge in [0.1, 0.15) is 0 Å². The lowest BCUT2D eigenvalue weighted by Gasteiger charge is -2.39. The van der Waals surface area contributed by atoms with Gasteiger partial charge in [-0.05, 0) is 25.3 Å². The first-order valence-corrected chi connectivity index (χ1v) is 10.9. The summed E-state index contributed by atoms with van der Waals surface area (Å²) >= 11 is 0. The highest BCUT2D eigenvalue weighted by molar-refractivity contribution is 5.88. The number of nitrogens with zero attached hydrogens (tertiary/aromatic N) is 3. The predicted octanol–water partition coefficient (Wildman–Crippen LogP) is 1.86. The molecular formula is C23H27FN4O3.